The number of para-hydroxylation sites is 1. The molecule has 0 aliphatic heterocycles. The van der Waals surface area contributed by atoms with Crippen molar-refractivity contribution >= 4 is 17.2 Å². The van der Waals surface area contributed by atoms with E-state index in [0.717, 1.165) is 22.8 Å². The number of aromatic nitrogens is 1. The number of hydrogen-bond donors (Lipinski definition) is 0. The second-order valence-corrected chi connectivity index (χ2v) is 3.28. The smallest absolute Gasteiger partial charge is 0.152 e. The fourth-order valence-corrected chi connectivity index (χ4v) is 1.80. The van der Waals surface area contributed by atoms with E-state index < -0.39 is 0 Å². The number of aldehydes is 1. The van der Waals surface area contributed by atoms with Crippen LogP contribution in [0.2, 0.25) is 0 Å². The lowest BCUT2D eigenvalue weighted by molar-refractivity contribution is 0.112. The van der Waals surface area contributed by atoms with Gasteiger partial charge < -0.3 is 4.57 Å². The van der Waals surface area contributed by atoms with Gasteiger partial charge in [0, 0.05) is 24.2 Å². The van der Waals surface area contributed by atoms with Crippen molar-refractivity contribution in [3.63, 3.8) is 0 Å². The molecule has 13 heavy (non-hydrogen) atoms. The summed E-state index contributed by atoms with van der Waals surface area (Å²) in [4.78, 5) is 10.7. The molecule has 0 bridgehead atoms. The minimum Gasteiger partial charge on any atom is -0.350 e. The number of carbonyl (C=O) groups is 1. The molecular formula is C11H11NO. The highest BCUT2D eigenvalue weighted by Crippen LogP contribution is 2.21. The zero-order chi connectivity index (χ0) is 9.42. The minimum absolute atomic E-state index is 0.765. The lowest BCUT2D eigenvalue weighted by Gasteiger charge is -1.99. The number of nitrogens with zero attached hydrogens (tertiary/aromatic N) is 1. The van der Waals surface area contributed by atoms with E-state index in [4.69, 9.17) is 0 Å². The Morgan fingerprint density at radius 2 is 2.15 bits per heavy atom. The average molecular weight is 173 g/mol. The van der Waals surface area contributed by atoms with Crippen LogP contribution in [0.1, 0.15) is 15.9 Å². The summed E-state index contributed by atoms with van der Waals surface area (Å²) in [5.41, 5.74) is 3.11. The molecule has 1 heterocycles. The lowest BCUT2D eigenvalue weighted by atomic mass is 10.1. The second-order valence-electron chi connectivity index (χ2n) is 3.28. The van der Waals surface area contributed by atoms with Gasteiger partial charge in [0.25, 0.3) is 0 Å². The Bertz CT molecular complexity index is 468. The van der Waals surface area contributed by atoms with Crippen LogP contribution in [-0.4, -0.2) is 10.9 Å². The maximum absolute atomic E-state index is 10.7. The standard InChI is InChI=1S/C11H11NO/c1-8-4-3-5-10-9(7-13)6-12(2)11(8)10/h3-7H,1-2H3. The predicted octanol–water partition coefficient (Wildman–Crippen LogP) is 2.30. The Labute approximate surface area is 76.8 Å². The molecule has 2 heteroatoms. The van der Waals surface area contributed by atoms with Gasteiger partial charge in [-0.05, 0) is 12.5 Å². The molecule has 0 N–H and O–H groups in total. The first-order valence-corrected chi connectivity index (χ1v) is 4.24. The second kappa shape index (κ2) is 2.73. The summed E-state index contributed by atoms with van der Waals surface area (Å²) in [6.45, 7) is 2.05. The largest absolute Gasteiger partial charge is 0.350 e. The molecule has 66 valence electrons. The van der Waals surface area contributed by atoms with Crippen LogP contribution >= 0.6 is 0 Å². The van der Waals surface area contributed by atoms with Crippen LogP contribution in [0.5, 0.6) is 0 Å². The molecule has 2 nitrogen and oxygen atoms in total. The van der Waals surface area contributed by atoms with Crippen LogP contribution in [0, 0.1) is 6.92 Å². The molecule has 0 fully saturated rings. The summed E-state index contributed by atoms with van der Waals surface area (Å²) in [7, 11) is 1.96. The van der Waals surface area contributed by atoms with Crippen molar-refractivity contribution in [1.82, 2.24) is 4.57 Å². The maximum Gasteiger partial charge on any atom is 0.152 e. The van der Waals surface area contributed by atoms with Crippen molar-refractivity contribution in [3.8, 4) is 0 Å². The Morgan fingerprint density at radius 1 is 1.38 bits per heavy atom. The highest BCUT2D eigenvalue weighted by Gasteiger charge is 2.06. The van der Waals surface area contributed by atoms with Crippen LogP contribution in [0.15, 0.2) is 24.4 Å². The molecule has 1 aromatic heterocycles. The van der Waals surface area contributed by atoms with Crippen molar-refractivity contribution in [2.75, 3.05) is 0 Å². The van der Waals surface area contributed by atoms with E-state index in [9.17, 15) is 4.79 Å². The van der Waals surface area contributed by atoms with Gasteiger partial charge in [0.1, 0.15) is 0 Å². The summed E-state index contributed by atoms with van der Waals surface area (Å²) >= 11 is 0. The van der Waals surface area contributed by atoms with Gasteiger partial charge in [-0.1, -0.05) is 18.2 Å². The highest BCUT2D eigenvalue weighted by molar-refractivity contribution is 5.98. The van der Waals surface area contributed by atoms with Crippen LogP contribution in [0.3, 0.4) is 0 Å². The Balaban J connectivity index is 2.95. The number of rotatable bonds is 1. The first-order chi connectivity index (χ1) is 6.24. The molecule has 1 aromatic carbocycles. The molecule has 2 aromatic rings. The van der Waals surface area contributed by atoms with Gasteiger partial charge >= 0.3 is 0 Å². The summed E-state index contributed by atoms with van der Waals surface area (Å²) in [5, 5.41) is 1.04. The maximum atomic E-state index is 10.7. The first kappa shape index (κ1) is 8.05. The van der Waals surface area contributed by atoms with Crippen LogP contribution in [-0.2, 0) is 7.05 Å². The van der Waals surface area contributed by atoms with Gasteiger partial charge in [-0.15, -0.1) is 0 Å². The van der Waals surface area contributed by atoms with E-state index in [0.29, 0.717) is 0 Å². The van der Waals surface area contributed by atoms with E-state index in [1.54, 1.807) is 0 Å². The van der Waals surface area contributed by atoms with Gasteiger partial charge in [-0.25, -0.2) is 0 Å². The van der Waals surface area contributed by atoms with Gasteiger partial charge in [0.05, 0.1) is 5.52 Å². The zero-order valence-corrected chi connectivity index (χ0v) is 7.74. The van der Waals surface area contributed by atoms with E-state index in [-0.39, 0.29) is 0 Å². The van der Waals surface area contributed by atoms with E-state index in [1.165, 1.54) is 5.56 Å². The molecular weight excluding hydrogens is 162 g/mol. The molecule has 0 spiro atoms. The molecule has 0 saturated carbocycles. The fraction of sp³-hybridized carbons (Fsp3) is 0.182. The molecule has 0 saturated heterocycles. The quantitative estimate of drug-likeness (QED) is 0.606. The number of fused-ring (bicyclic) bond motifs is 1. The Hall–Kier alpha value is -1.57. The Kier molecular flexibility index (Phi) is 1.69. The normalized spacial score (nSPS) is 10.6. The summed E-state index contributed by atoms with van der Waals surface area (Å²) in [6, 6.07) is 6.01. The SMILES string of the molecule is Cc1cccc2c(C=O)cn(C)c12. The van der Waals surface area contributed by atoms with E-state index in [1.807, 2.05) is 29.9 Å². The number of aryl methyl sites for hydroxylation is 2. The van der Waals surface area contributed by atoms with Crippen LogP contribution in [0.4, 0.5) is 0 Å². The summed E-state index contributed by atoms with van der Waals surface area (Å²) < 4.78 is 1.99. The van der Waals surface area contributed by atoms with Crippen molar-refractivity contribution < 1.29 is 4.79 Å². The lowest BCUT2D eigenvalue weighted by Crippen LogP contribution is -1.86. The third-order valence-corrected chi connectivity index (χ3v) is 2.36. The molecule has 0 aliphatic carbocycles. The molecule has 0 amide bonds. The number of hydrogen-bond acceptors (Lipinski definition) is 1. The monoisotopic (exact) mass is 173 g/mol. The van der Waals surface area contributed by atoms with Crippen LogP contribution < -0.4 is 0 Å². The summed E-state index contributed by atoms with van der Waals surface area (Å²) in [5.74, 6) is 0. The number of carbonyl (C=O) groups excluding carboxylic acids is 1. The van der Waals surface area contributed by atoms with Gasteiger partial charge in [0.15, 0.2) is 6.29 Å². The molecule has 0 radical (unpaired) electrons. The summed E-state index contributed by atoms with van der Waals surface area (Å²) in [6.07, 6.45) is 2.77. The molecule has 2 rings (SSSR count). The highest BCUT2D eigenvalue weighted by atomic mass is 16.1. The van der Waals surface area contributed by atoms with Crippen LogP contribution in [0.25, 0.3) is 10.9 Å². The van der Waals surface area contributed by atoms with Gasteiger partial charge in [0.2, 0.25) is 0 Å². The molecule has 0 aliphatic rings. The fourth-order valence-electron chi connectivity index (χ4n) is 1.80. The van der Waals surface area contributed by atoms with Crippen molar-refractivity contribution in [2.24, 2.45) is 7.05 Å². The molecule has 0 unspecified atom stereocenters. The Morgan fingerprint density at radius 3 is 2.85 bits per heavy atom. The van der Waals surface area contributed by atoms with Gasteiger partial charge in [-0.3, -0.25) is 4.79 Å². The topological polar surface area (TPSA) is 22.0 Å². The van der Waals surface area contributed by atoms with Gasteiger partial charge in [-0.2, -0.15) is 0 Å². The molecule has 0 atom stereocenters. The average Bonchev–Trinajstić information content (AvgIpc) is 2.44. The minimum atomic E-state index is 0.765. The van der Waals surface area contributed by atoms with E-state index in [2.05, 4.69) is 13.0 Å². The zero-order valence-electron chi connectivity index (χ0n) is 7.74. The van der Waals surface area contributed by atoms with E-state index >= 15 is 0 Å². The third kappa shape index (κ3) is 1.06. The first-order valence-electron chi connectivity index (χ1n) is 4.24. The van der Waals surface area contributed by atoms with Crippen molar-refractivity contribution in [3.05, 3.63) is 35.5 Å². The van der Waals surface area contributed by atoms with Crippen molar-refractivity contribution in [1.29, 1.82) is 0 Å². The number of benzene rings is 1. The van der Waals surface area contributed by atoms with Crippen molar-refractivity contribution in [2.45, 2.75) is 6.92 Å². The predicted molar refractivity (Wildman–Crippen MR) is 53.0 cm³/mol. The third-order valence-electron chi connectivity index (χ3n) is 2.36.